The molecule has 1 atom stereocenters. The summed E-state index contributed by atoms with van der Waals surface area (Å²) in [5.41, 5.74) is 6.28. The zero-order valence-electron chi connectivity index (χ0n) is 10.8. The smallest absolute Gasteiger partial charge is 0.341 e. The monoisotopic (exact) mass is 266 g/mol. The Morgan fingerprint density at radius 3 is 2.53 bits per heavy atom. The number of anilines is 1. The van der Waals surface area contributed by atoms with Crippen molar-refractivity contribution in [3.63, 3.8) is 0 Å². The number of benzene rings is 1. The van der Waals surface area contributed by atoms with Gasteiger partial charge in [-0.15, -0.1) is 0 Å². The standard InChI is InChI=1S/C13H18N2O4/c1-2-3-11(14)13(18)15-9-4-6-10(7-5-9)19-8-12(16)17/h4-7,11H,2-3,8,14H2,1H3,(H,15,18)(H,16,17)/t11-/m1/s1. The maximum absolute atomic E-state index is 11.7. The van der Waals surface area contributed by atoms with Crippen molar-refractivity contribution in [3.05, 3.63) is 24.3 Å². The van der Waals surface area contributed by atoms with Crippen LogP contribution in [0, 0.1) is 0 Å². The zero-order chi connectivity index (χ0) is 14.3. The molecule has 1 aromatic carbocycles. The Hall–Kier alpha value is -2.08. The van der Waals surface area contributed by atoms with Crippen molar-refractivity contribution in [1.82, 2.24) is 0 Å². The molecule has 19 heavy (non-hydrogen) atoms. The number of aliphatic carboxylic acids is 1. The van der Waals surface area contributed by atoms with Crippen LogP contribution < -0.4 is 15.8 Å². The van der Waals surface area contributed by atoms with E-state index in [0.29, 0.717) is 17.9 Å². The second-order valence-electron chi connectivity index (χ2n) is 4.09. The zero-order valence-corrected chi connectivity index (χ0v) is 10.8. The lowest BCUT2D eigenvalue weighted by Gasteiger charge is -2.11. The van der Waals surface area contributed by atoms with Crippen LogP contribution in [-0.2, 0) is 9.59 Å². The number of carbonyl (C=O) groups excluding carboxylic acids is 1. The summed E-state index contributed by atoms with van der Waals surface area (Å²) in [6.07, 6.45) is 1.47. The first kappa shape index (κ1) is 15.0. The summed E-state index contributed by atoms with van der Waals surface area (Å²) in [7, 11) is 0. The second-order valence-corrected chi connectivity index (χ2v) is 4.09. The molecule has 0 aromatic heterocycles. The van der Waals surface area contributed by atoms with E-state index in [1.54, 1.807) is 24.3 Å². The molecule has 0 bridgehead atoms. The lowest BCUT2D eigenvalue weighted by molar-refractivity contribution is -0.139. The molecule has 1 amide bonds. The quantitative estimate of drug-likeness (QED) is 0.688. The highest BCUT2D eigenvalue weighted by Gasteiger charge is 2.12. The van der Waals surface area contributed by atoms with Crippen LogP contribution in [0.1, 0.15) is 19.8 Å². The average Bonchev–Trinajstić information content (AvgIpc) is 2.38. The van der Waals surface area contributed by atoms with Crippen molar-refractivity contribution in [2.45, 2.75) is 25.8 Å². The SMILES string of the molecule is CCC[C@@H](N)C(=O)Nc1ccc(OCC(=O)O)cc1. The molecule has 104 valence electrons. The van der Waals surface area contributed by atoms with E-state index in [0.717, 1.165) is 6.42 Å². The van der Waals surface area contributed by atoms with Crippen molar-refractivity contribution in [1.29, 1.82) is 0 Å². The normalized spacial score (nSPS) is 11.7. The van der Waals surface area contributed by atoms with E-state index >= 15 is 0 Å². The highest BCUT2D eigenvalue weighted by molar-refractivity contribution is 5.94. The molecule has 0 saturated heterocycles. The lowest BCUT2D eigenvalue weighted by Crippen LogP contribution is -2.35. The minimum Gasteiger partial charge on any atom is -0.482 e. The first-order valence-electron chi connectivity index (χ1n) is 6.04. The molecule has 0 radical (unpaired) electrons. The number of hydrogen-bond donors (Lipinski definition) is 3. The van der Waals surface area contributed by atoms with Crippen LogP contribution in [0.25, 0.3) is 0 Å². The molecule has 0 aliphatic carbocycles. The molecular formula is C13H18N2O4. The third kappa shape index (κ3) is 5.39. The highest BCUT2D eigenvalue weighted by Crippen LogP contribution is 2.15. The van der Waals surface area contributed by atoms with E-state index in [1.165, 1.54) is 0 Å². The third-order valence-corrected chi connectivity index (χ3v) is 2.42. The highest BCUT2D eigenvalue weighted by atomic mass is 16.5. The van der Waals surface area contributed by atoms with E-state index in [2.05, 4.69) is 5.32 Å². The van der Waals surface area contributed by atoms with Gasteiger partial charge < -0.3 is 20.9 Å². The van der Waals surface area contributed by atoms with Crippen LogP contribution in [0.2, 0.25) is 0 Å². The second kappa shape index (κ2) is 7.38. The van der Waals surface area contributed by atoms with Gasteiger partial charge in [0.15, 0.2) is 6.61 Å². The number of nitrogens with two attached hydrogens (primary N) is 1. The molecule has 1 aromatic rings. The number of carboxylic acid groups (broad SMARTS) is 1. The Balaban J connectivity index is 2.52. The number of hydrogen-bond acceptors (Lipinski definition) is 4. The average molecular weight is 266 g/mol. The Bertz CT molecular complexity index is 431. The van der Waals surface area contributed by atoms with Crippen molar-refractivity contribution in [2.75, 3.05) is 11.9 Å². The molecule has 0 unspecified atom stereocenters. The number of ether oxygens (including phenoxy) is 1. The van der Waals surface area contributed by atoms with Gasteiger partial charge in [-0.1, -0.05) is 13.3 Å². The van der Waals surface area contributed by atoms with Gasteiger partial charge in [-0.3, -0.25) is 4.79 Å². The fraction of sp³-hybridized carbons (Fsp3) is 0.385. The summed E-state index contributed by atoms with van der Waals surface area (Å²) < 4.78 is 4.98. The van der Waals surface area contributed by atoms with Crippen LogP contribution >= 0.6 is 0 Å². The minimum atomic E-state index is -1.04. The number of carboxylic acids is 1. The third-order valence-electron chi connectivity index (χ3n) is 2.42. The summed E-state index contributed by atoms with van der Waals surface area (Å²) in [4.78, 5) is 22.0. The first-order valence-corrected chi connectivity index (χ1v) is 6.04. The van der Waals surface area contributed by atoms with Gasteiger partial charge in [-0.25, -0.2) is 4.79 Å². The molecule has 0 aliphatic rings. The van der Waals surface area contributed by atoms with E-state index in [1.807, 2.05) is 6.92 Å². The van der Waals surface area contributed by atoms with Gasteiger partial charge in [0.1, 0.15) is 5.75 Å². The van der Waals surface area contributed by atoms with E-state index in [4.69, 9.17) is 15.6 Å². The fourth-order valence-corrected chi connectivity index (χ4v) is 1.46. The summed E-state index contributed by atoms with van der Waals surface area (Å²) in [5.74, 6) is -0.845. The molecule has 1 rings (SSSR count). The predicted octanol–water partition coefficient (Wildman–Crippen LogP) is 1.22. The van der Waals surface area contributed by atoms with Crippen LogP contribution in [0.3, 0.4) is 0 Å². The Morgan fingerprint density at radius 1 is 1.37 bits per heavy atom. The summed E-state index contributed by atoms with van der Waals surface area (Å²) in [6, 6.07) is 5.92. The Kier molecular flexibility index (Phi) is 5.81. The van der Waals surface area contributed by atoms with Crippen molar-refractivity contribution < 1.29 is 19.4 Å². The van der Waals surface area contributed by atoms with Gasteiger partial charge in [-0.2, -0.15) is 0 Å². The van der Waals surface area contributed by atoms with Gasteiger partial charge >= 0.3 is 5.97 Å². The molecule has 6 heteroatoms. The van der Waals surface area contributed by atoms with Crippen molar-refractivity contribution in [3.8, 4) is 5.75 Å². The number of amides is 1. The van der Waals surface area contributed by atoms with E-state index in [9.17, 15) is 9.59 Å². The van der Waals surface area contributed by atoms with Gasteiger partial charge in [0.25, 0.3) is 0 Å². The molecule has 4 N–H and O–H groups in total. The van der Waals surface area contributed by atoms with Gasteiger partial charge in [0.05, 0.1) is 6.04 Å². The summed E-state index contributed by atoms with van der Waals surface area (Å²) in [5, 5.41) is 11.1. The van der Waals surface area contributed by atoms with Crippen LogP contribution in [0.5, 0.6) is 5.75 Å². The predicted molar refractivity (Wildman–Crippen MR) is 71.1 cm³/mol. The summed E-state index contributed by atoms with van der Waals surface area (Å²) >= 11 is 0. The van der Waals surface area contributed by atoms with Gasteiger partial charge in [0.2, 0.25) is 5.91 Å². The maximum atomic E-state index is 11.7. The van der Waals surface area contributed by atoms with Crippen LogP contribution in [0.4, 0.5) is 5.69 Å². The number of nitrogens with one attached hydrogen (secondary N) is 1. The topological polar surface area (TPSA) is 102 Å². The number of rotatable bonds is 7. The van der Waals surface area contributed by atoms with Crippen LogP contribution in [0.15, 0.2) is 24.3 Å². The Labute approximate surface area is 111 Å². The molecule has 0 saturated carbocycles. The number of carbonyl (C=O) groups is 2. The molecule has 0 heterocycles. The van der Waals surface area contributed by atoms with Crippen molar-refractivity contribution in [2.24, 2.45) is 5.73 Å². The minimum absolute atomic E-state index is 0.235. The molecule has 0 spiro atoms. The lowest BCUT2D eigenvalue weighted by atomic mass is 10.1. The van der Waals surface area contributed by atoms with Gasteiger partial charge in [-0.05, 0) is 30.7 Å². The summed E-state index contributed by atoms with van der Waals surface area (Å²) in [6.45, 7) is 1.56. The molecule has 6 nitrogen and oxygen atoms in total. The van der Waals surface area contributed by atoms with E-state index in [-0.39, 0.29) is 5.91 Å². The maximum Gasteiger partial charge on any atom is 0.341 e. The molecule has 0 aliphatic heterocycles. The van der Waals surface area contributed by atoms with Crippen LogP contribution in [-0.4, -0.2) is 29.6 Å². The van der Waals surface area contributed by atoms with Crippen molar-refractivity contribution >= 4 is 17.6 Å². The van der Waals surface area contributed by atoms with E-state index < -0.39 is 18.6 Å². The Morgan fingerprint density at radius 2 is 2.00 bits per heavy atom. The first-order chi connectivity index (χ1) is 9.02. The van der Waals surface area contributed by atoms with Gasteiger partial charge in [0, 0.05) is 5.69 Å². The fourth-order valence-electron chi connectivity index (χ4n) is 1.46. The molecular weight excluding hydrogens is 248 g/mol. The largest absolute Gasteiger partial charge is 0.482 e. The molecule has 0 fully saturated rings.